The van der Waals surface area contributed by atoms with E-state index >= 15 is 0 Å². The standard InChI is InChI=1S/C13H26N2O2/c1-10(2)9-15-12(17)11(5-8-16)14-7-6-13(15,3)4/h10-11,14,16H,5-9H2,1-4H3. The van der Waals surface area contributed by atoms with Gasteiger partial charge < -0.3 is 15.3 Å². The summed E-state index contributed by atoms with van der Waals surface area (Å²) in [5.74, 6) is 0.598. The van der Waals surface area contributed by atoms with Gasteiger partial charge in [0.05, 0.1) is 6.04 Å². The zero-order valence-electron chi connectivity index (χ0n) is 11.5. The van der Waals surface area contributed by atoms with Gasteiger partial charge in [0.25, 0.3) is 0 Å². The van der Waals surface area contributed by atoms with E-state index < -0.39 is 0 Å². The molecule has 100 valence electrons. The van der Waals surface area contributed by atoms with E-state index in [1.807, 2.05) is 4.90 Å². The molecule has 0 spiro atoms. The molecule has 1 amide bonds. The molecule has 2 N–H and O–H groups in total. The Balaban J connectivity index is 2.86. The highest BCUT2D eigenvalue weighted by Gasteiger charge is 2.37. The van der Waals surface area contributed by atoms with Crippen LogP contribution in [0.25, 0.3) is 0 Å². The van der Waals surface area contributed by atoms with Crippen LogP contribution in [-0.4, -0.2) is 47.2 Å². The second-order valence-electron chi connectivity index (χ2n) is 5.92. The molecule has 1 aliphatic rings. The summed E-state index contributed by atoms with van der Waals surface area (Å²) in [4.78, 5) is 14.4. The lowest BCUT2D eigenvalue weighted by Crippen LogP contribution is -2.52. The number of rotatable bonds is 4. The van der Waals surface area contributed by atoms with Crippen molar-refractivity contribution in [3.8, 4) is 0 Å². The largest absolute Gasteiger partial charge is 0.396 e. The topological polar surface area (TPSA) is 52.6 Å². The summed E-state index contributed by atoms with van der Waals surface area (Å²) in [6.45, 7) is 10.2. The maximum atomic E-state index is 12.4. The SMILES string of the molecule is CC(C)CN1C(=O)C(CCO)NCCC1(C)C. The van der Waals surface area contributed by atoms with Crippen LogP contribution in [0.3, 0.4) is 0 Å². The van der Waals surface area contributed by atoms with Gasteiger partial charge in [0, 0.05) is 18.7 Å². The van der Waals surface area contributed by atoms with E-state index in [9.17, 15) is 4.79 Å². The Bertz CT molecular complexity index is 264. The number of nitrogens with zero attached hydrogens (tertiary/aromatic N) is 1. The van der Waals surface area contributed by atoms with Crippen molar-refractivity contribution >= 4 is 5.91 Å². The summed E-state index contributed by atoms with van der Waals surface area (Å²) in [6, 6.07) is -0.222. The van der Waals surface area contributed by atoms with Crippen LogP contribution in [0.4, 0.5) is 0 Å². The molecule has 0 aromatic carbocycles. The fraction of sp³-hybridized carbons (Fsp3) is 0.923. The predicted octanol–water partition coefficient (Wildman–Crippen LogP) is 0.994. The van der Waals surface area contributed by atoms with Gasteiger partial charge in [-0.15, -0.1) is 0 Å². The molecule has 1 aliphatic heterocycles. The Morgan fingerprint density at radius 3 is 2.71 bits per heavy atom. The second-order valence-corrected chi connectivity index (χ2v) is 5.92. The van der Waals surface area contributed by atoms with Crippen LogP contribution in [0.5, 0.6) is 0 Å². The van der Waals surface area contributed by atoms with E-state index in [0.717, 1.165) is 19.5 Å². The van der Waals surface area contributed by atoms with Gasteiger partial charge in [0.1, 0.15) is 0 Å². The fourth-order valence-corrected chi connectivity index (χ4v) is 2.32. The molecule has 1 saturated heterocycles. The third-order valence-corrected chi connectivity index (χ3v) is 3.39. The van der Waals surface area contributed by atoms with E-state index in [2.05, 4.69) is 33.0 Å². The van der Waals surface area contributed by atoms with Gasteiger partial charge in [-0.2, -0.15) is 0 Å². The molecule has 4 nitrogen and oxygen atoms in total. The first kappa shape index (κ1) is 14.5. The molecule has 1 fully saturated rings. The molecule has 0 saturated carbocycles. The van der Waals surface area contributed by atoms with E-state index in [1.165, 1.54) is 0 Å². The smallest absolute Gasteiger partial charge is 0.240 e. The molecule has 1 heterocycles. The highest BCUT2D eigenvalue weighted by molar-refractivity contribution is 5.83. The molecule has 0 radical (unpaired) electrons. The third kappa shape index (κ3) is 3.68. The van der Waals surface area contributed by atoms with Crippen LogP contribution >= 0.6 is 0 Å². The van der Waals surface area contributed by atoms with Gasteiger partial charge in [0.15, 0.2) is 0 Å². The summed E-state index contributed by atoms with van der Waals surface area (Å²) in [6.07, 6.45) is 1.46. The third-order valence-electron chi connectivity index (χ3n) is 3.39. The molecule has 1 atom stereocenters. The Kier molecular flexibility index (Phi) is 4.95. The van der Waals surface area contributed by atoms with E-state index in [-0.39, 0.29) is 24.1 Å². The average Bonchev–Trinajstić information content (AvgIpc) is 2.31. The quantitative estimate of drug-likeness (QED) is 0.773. The van der Waals surface area contributed by atoms with Crippen molar-refractivity contribution in [3.05, 3.63) is 0 Å². The van der Waals surface area contributed by atoms with E-state index in [0.29, 0.717) is 12.3 Å². The highest BCUT2D eigenvalue weighted by Crippen LogP contribution is 2.24. The molecule has 0 aliphatic carbocycles. The minimum atomic E-state index is -0.222. The van der Waals surface area contributed by atoms with Crippen molar-refractivity contribution < 1.29 is 9.90 Å². The lowest BCUT2D eigenvalue weighted by atomic mass is 9.96. The van der Waals surface area contributed by atoms with Crippen LogP contribution in [0, 0.1) is 5.92 Å². The minimum absolute atomic E-state index is 0.0549. The monoisotopic (exact) mass is 242 g/mol. The Morgan fingerprint density at radius 2 is 2.18 bits per heavy atom. The fourth-order valence-electron chi connectivity index (χ4n) is 2.32. The maximum absolute atomic E-state index is 12.4. The Labute approximate surface area is 104 Å². The average molecular weight is 242 g/mol. The van der Waals surface area contributed by atoms with Crippen molar-refractivity contribution in [2.75, 3.05) is 19.7 Å². The van der Waals surface area contributed by atoms with Crippen molar-refractivity contribution in [2.24, 2.45) is 5.92 Å². The maximum Gasteiger partial charge on any atom is 0.240 e. The number of amides is 1. The normalized spacial score (nSPS) is 25.2. The summed E-state index contributed by atoms with van der Waals surface area (Å²) in [7, 11) is 0. The molecule has 1 rings (SSSR count). The van der Waals surface area contributed by atoms with E-state index in [4.69, 9.17) is 5.11 Å². The number of aliphatic hydroxyl groups excluding tert-OH is 1. The van der Waals surface area contributed by atoms with Gasteiger partial charge in [0.2, 0.25) is 5.91 Å². The summed E-state index contributed by atoms with van der Waals surface area (Å²) >= 11 is 0. The molecular formula is C13H26N2O2. The molecule has 0 bridgehead atoms. The van der Waals surface area contributed by atoms with Crippen LogP contribution in [-0.2, 0) is 4.79 Å². The number of carbonyl (C=O) groups is 1. The first-order valence-corrected chi connectivity index (χ1v) is 6.54. The summed E-state index contributed by atoms with van der Waals surface area (Å²) in [5, 5.41) is 12.3. The van der Waals surface area contributed by atoms with Crippen molar-refractivity contribution in [1.82, 2.24) is 10.2 Å². The van der Waals surface area contributed by atoms with Crippen LogP contribution < -0.4 is 5.32 Å². The number of hydrogen-bond acceptors (Lipinski definition) is 3. The lowest BCUT2D eigenvalue weighted by Gasteiger charge is -2.39. The van der Waals surface area contributed by atoms with Gasteiger partial charge in [-0.05, 0) is 39.2 Å². The zero-order chi connectivity index (χ0) is 13.1. The van der Waals surface area contributed by atoms with Gasteiger partial charge in [-0.3, -0.25) is 4.79 Å². The molecule has 0 aromatic rings. The first-order valence-electron chi connectivity index (χ1n) is 6.54. The molecule has 0 aromatic heterocycles. The van der Waals surface area contributed by atoms with Gasteiger partial charge in [-0.25, -0.2) is 0 Å². The first-order chi connectivity index (χ1) is 7.88. The Morgan fingerprint density at radius 1 is 1.53 bits per heavy atom. The Hall–Kier alpha value is -0.610. The van der Waals surface area contributed by atoms with E-state index in [1.54, 1.807) is 0 Å². The lowest BCUT2D eigenvalue weighted by molar-refractivity contribution is -0.138. The second kappa shape index (κ2) is 5.83. The number of nitrogens with one attached hydrogen (secondary N) is 1. The highest BCUT2D eigenvalue weighted by atomic mass is 16.3. The summed E-state index contributed by atoms with van der Waals surface area (Å²) < 4.78 is 0. The van der Waals surface area contributed by atoms with Crippen LogP contribution in [0.2, 0.25) is 0 Å². The molecular weight excluding hydrogens is 216 g/mol. The number of hydrogen-bond donors (Lipinski definition) is 2. The number of aliphatic hydroxyl groups is 1. The number of carbonyl (C=O) groups excluding carboxylic acids is 1. The molecule has 17 heavy (non-hydrogen) atoms. The van der Waals surface area contributed by atoms with Crippen molar-refractivity contribution in [2.45, 2.75) is 52.1 Å². The zero-order valence-corrected chi connectivity index (χ0v) is 11.5. The predicted molar refractivity (Wildman–Crippen MR) is 68.7 cm³/mol. The van der Waals surface area contributed by atoms with Gasteiger partial charge >= 0.3 is 0 Å². The molecule has 4 heteroatoms. The van der Waals surface area contributed by atoms with Crippen LogP contribution in [0.1, 0.15) is 40.5 Å². The van der Waals surface area contributed by atoms with Crippen molar-refractivity contribution in [3.63, 3.8) is 0 Å². The summed E-state index contributed by atoms with van der Waals surface area (Å²) in [5.41, 5.74) is -0.0987. The van der Waals surface area contributed by atoms with Gasteiger partial charge in [-0.1, -0.05) is 13.8 Å². The minimum Gasteiger partial charge on any atom is -0.396 e. The molecule has 1 unspecified atom stereocenters. The van der Waals surface area contributed by atoms with Crippen molar-refractivity contribution in [1.29, 1.82) is 0 Å². The van der Waals surface area contributed by atoms with Crippen LogP contribution in [0.15, 0.2) is 0 Å².